The Hall–Kier alpha value is -1.18. The first kappa shape index (κ1) is 11.8. The molecule has 7 heteroatoms. The molecule has 0 rings (SSSR count). The van der Waals surface area contributed by atoms with E-state index >= 15 is 0 Å². The predicted octanol–water partition coefficient (Wildman–Crippen LogP) is -1.49. The summed E-state index contributed by atoms with van der Waals surface area (Å²) >= 11 is 0. The fraction of sp³-hybridized carbons (Fsp3) is 0.667. The molecular formula is C6H10O7. The zero-order valence-corrected chi connectivity index (χ0v) is 6.89. The largest absolute Gasteiger partial charge is 0.480 e. The van der Waals surface area contributed by atoms with E-state index in [1.165, 1.54) is 0 Å². The molecule has 13 heavy (non-hydrogen) atoms. The van der Waals surface area contributed by atoms with Crippen molar-refractivity contribution in [2.24, 2.45) is 0 Å². The lowest BCUT2D eigenvalue weighted by atomic mass is 10.3. The topological polar surface area (TPSA) is 113 Å². The maximum Gasteiger partial charge on any atom is 0.367 e. The Morgan fingerprint density at radius 2 is 1.92 bits per heavy atom. The quantitative estimate of drug-likeness (QED) is 0.441. The molecule has 76 valence electrons. The van der Waals surface area contributed by atoms with Crippen LogP contribution < -0.4 is 0 Å². The second-order valence-electron chi connectivity index (χ2n) is 2.10. The lowest BCUT2D eigenvalue weighted by Gasteiger charge is -2.24. The van der Waals surface area contributed by atoms with E-state index in [9.17, 15) is 9.59 Å². The molecule has 0 fully saturated rings. The number of hydrogen-bond acceptors (Lipinski definition) is 5. The van der Waals surface area contributed by atoms with Gasteiger partial charge >= 0.3 is 11.9 Å². The van der Waals surface area contributed by atoms with E-state index in [0.717, 1.165) is 7.11 Å². The van der Waals surface area contributed by atoms with Gasteiger partial charge in [-0.15, -0.1) is 0 Å². The standard InChI is InChI=1S/C6H10O7/c1-12-6(3-7,5(10)11)13-2-4(8)9/h7H,2-3H2,1H3,(H,8,9)(H,10,11). The van der Waals surface area contributed by atoms with Crippen LogP contribution in [-0.4, -0.2) is 53.4 Å². The van der Waals surface area contributed by atoms with E-state index in [1.54, 1.807) is 0 Å². The Kier molecular flexibility index (Phi) is 4.32. The molecule has 0 heterocycles. The highest BCUT2D eigenvalue weighted by atomic mass is 16.7. The highest BCUT2D eigenvalue weighted by molar-refractivity contribution is 5.76. The summed E-state index contributed by atoms with van der Waals surface area (Å²) in [7, 11) is 0.992. The second-order valence-corrected chi connectivity index (χ2v) is 2.10. The van der Waals surface area contributed by atoms with E-state index in [1.807, 2.05) is 0 Å². The molecular weight excluding hydrogens is 184 g/mol. The van der Waals surface area contributed by atoms with Crippen LogP contribution >= 0.6 is 0 Å². The lowest BCUT2D eigenvalue weighted by molar-refractivity contribution is -0.247. The number of aliphatic hydroxyl groups excluding tert-OH is 1. The smallest absolute Gasteiger partial charge is 0.367 e. The van der Waals surface area contributed by atoms with Crippen molar-refractivity contribution in [1.29, 1.82) is 0 Å². The minimum Gasteiger partial charge on any atom is -0.480 e. The first-order valence-corrected chi connectivity index (χ1v) is 3.23. The van der Waals surface area contributed by atoms with Gasteiger partial charge in [0.25, 0.3) is 5.79 Å². The number of rotatable bonds is 6. The maximum absolute atomic E-state index is 10.5. The third-order valence-electron chi connectivity index (χ3n) is 1.29. The summed E-state index contributed by atoms with van der Waals surface area (Å²) in [5.74, 6) is -5.23. The van der Waals surface area contributed by atoms with Crippen molar-refractivity contribution >= 4 is 11.9 Å². The normalized spacial score (nSPS) is 14.9. The molecule has 0 saturated heterocycles. The first-order valence-electron chi connectivity index (χ1n) is 3.23. The van der Waals surface area contributed by atoms with Crippen molar-refractivity contribution < 1.29 is 34.4 Å². The summed E-state index contributed by atoms with van der Waals surface area (Å²) in [4.78, 5) is 20.5. The maximum atomic E-state index is 10.5. The molecule has 0 aliphatic carbocycles. The number of carbonyl (C=O) groups is 2. The molecule has 0 radical (unpaired) electrons. The Morgan fingerprint density at radius 1 is 1.38 bits per heavy atom. The molecule has 0 aliphatic heterocycles. The molecule has 1 atom stereocenters. The van der Waals surface area contributed by atoms with Gasteiger partial charge in [-0.3, -0.25) is 0 Å². The van der Waals surface area contributed by atoms with Gasteiger partial charge in [-0.25, -0.2) is 9.59 Å². The number of aliphatic hydroxyl groups is 1. The van der Waals surface area contributed by atoms with Crippen LogP contribution in [0.25, 0.3) is 0 Å². The number of carboxylic acid groups (broad SMARTS) is 2. The van der Waals surface area contributed by atoms with Gasteiger partial charge in [-0.05, 0) is 0 Å². The summed E-state index contributed by atoms with van der Waals surface area (Å²) in [5.41, 5.74) is 0. The van der Waals surface area contributed by atoms with Crippen LogP contribution in [0.2, 0.25) is 0 Å². The van der Waals surface area contributed by atoms with Crippen LogP contribution in [0.5, 0.6) is 0 Å². The van der Waals surface area contributed by atoms with Crippen LogP contribution in [0.3, 0.4) is 0 Å². The monoisotopic (exact) mass is 194 g/mol. The molecule has 7 nitrogen and oxygen atoms in total. The average molecular weight is 194 g/mol. The van der Waals surface area contributed by atoms with Gasteiger partial charge in [0.1, 0.15) is 13.2 Å². The SMILES string of the molecule is COC(CO)(OCC(=O)O)C(=O)O. The van der Waals surface area contributed by atoms with Gasteiger partial charge in [0, 0.05) is 7.11 Å². The molecule has 0 aromatic heterocycles. The molecule has 3 N–H and O–H groups in total. The highest BCUT2D eigenvalue weighted by Gasteiger charge is 2.40. The van der Waals surface area contributed by atoms with Crippen LogP contribution in [-0.2, 0) is 19.1 Å². The van der Waals surface area contributed by atoms with Crippen LogP contribution in [0, 0.1) is 0 Å². The van der Waals surface area contributed by atoms with E-state index in [0.29, 0.717) is 0 Å². The number of hydrogen-bond donors (Lipinski definition) is 3. The van der Waals surface area contributed by atoms with Gasteiger partial charge < -0.3 is 24.8 Å². The van der Waals surface area contributed by atoms with E-state index in [4.69, 9.17) is 15.3 Å². The molecule has 0 aromatic carbocycles. The average Bonchev–Trinajstić information content (AvgIpc) is 2.06. The number of carboxylic acids is 2. The van der Waals surface area contributed by atoms with Crippen molar-refractivity contribution in [2.45, 2.75) is 5.79 Å². The fourth-order valence-electron chi connectivity index (χ4n) is 0.564. The highest BCUT2D eigenvalue weighted by Crippen LogP contribution is 2.11. The minimum atomic E-state index is -2.29. The Bertz CT molecular complexity index is 195. The summed E-state index contributed by atoms with van der Waals surface area (Å²) in [5, 5.41) is 25.4. The van der Waals surface area contributed by atoms with Gasteiger partial charge in [-0.2, -0.15) is 0 Å². The zero-order valence-electron chi connectivity index (χ0n) is 6.89. The summed E-state index contributed by atoms with van der Waals surface area (Å²) in [6, 6.07) is 0. The third kappa shape index (κ3) is 2.98. The second kappa shape index (κ2) is 4.75. The molecule has 0 bridgehead atoms. The van der Waals surface area contributed by atoms with Crippen molar-refractivity contribution in [3.8, 4) is 0 Å². The zero-order chi connectivity index (χ0) is 10.5. The predicted molar refractivity (Wildman–Crippen MR) is 38.0 cm³/mol. The third-order valence-corrected chi connectivity index (χ3v) is 1.29. The number of methoxy groups -OCH3 is 1. The van der Waals surface area contributed by atoms with Crippen LogP contribution in [0.1, 0.15) is 0 Å². The first-order chi connectivity index (χ1) is 5.98. The van der Waals surface area contributed by atoms with Gasteiger partial charge in [-0.1, -0.05) is 0 Å². The van der Waals surface area contributed by atoms with Gasteiger partial charge in [0.15, 0.2) is 0 Å². The molecule has 0 aromatic rings. The van der Waals surface area contributed by atoms with Crippen molar-refractivity contribution in [3.05, 3.63) is 0 Å². The van der Waals surface area contributed by atoms with Crippen LogP contribution in [0.15, 0.2) is 0 Å². The number of aliphatic carboxylic acids is 2. The van der Waals surface area contributed by atoms with E-state index < -0.39 is 30.9 Å². The molecule has 0 saturated carbocycles. The molecule has 1 unspecified atom stereocenters. The van der Waals surface area contributed by atoms with Crippen molar-refractivity contribution in [3.63, 3.8) is 0 Å². The molecule has 0 amide bonds. The summed E-state index contributed by atoms with van der Waals surface area (Å²) in [6.07, 6.45) is 0. The Balaban J connectivity index is 4.39. The number of ether oxygens (including phenoxy) is 2. The lowest BCUT2D eigenvalue weighted by Crippen LogP contribution is -2.48. The fourth-order valence-corrected chi connectivity index (χ4v) is 0.564. The van der Waals surface area contributed by atoms with Crippen LogP contribution in [0.4, 0.5) is 0 Å². The van der Waals surface area contributed by atoms with E-state index in [2.05, 4.69) is 9.47 Å². The molecule has 0 aliphatic rings. The van der Waals surface area contributed by atoms with Crippen molar-refractivity contribution in [1.82, 2.24) is 0 Å². The minimum absolute atomic E-state index is 0.860. The Labute approximate surface area is 73.5 Å². The summed E-state index contributed by atoms with van der Waals surface area (Å²) in [6.45, 7) is -1.83. The molecule has 0 spiro atoms. The van der Waals surface area contributed by atoms with Gasteiger partial charge in [0.2, 0.25) is 0 Å². The van der Waals surface area contributed by atoms with Gasteiger partial charge in [0.05, 0.1) is 0 Å². The Morgan fingerprint density at radius 3 is 2.15 bits per heavy atom. The summed E-state index contributed by atoms with van der Waals surface area (Å²) < 4.78 is 8.74. The van der Waals surface area contributed by atoms with E-state index in [-0.39, 0.29) is 0 Å². The van der Waals surface area contributed by atoms with Crippen molar-refractivity contribution in [2.75, 3.05) is 20.3 Å².